The normalized spacial score (nSPS) is 14.1. The van der Waals surface area contributed by atoms with Crippen LogP contribution in [0.15, 0.2) is 24.3 Å². The monoisotopic (exact) mass is 215 g/mol. The topological polar surface area (TPSA) is 12.0 Å². The third kappa shape index (κ3) is 3.40. The van der Waals surface area contributed by atoms with Crippen molar-refractivity contribution in [2.75, 3.05) is 0 Å². The van der Waals surface area contributed by atoms with Gasteiger partial charge in [0.25, 0.3) is 0 Å². The largest absolute Gasteiger partial charge is 0.306 e. The summed E-state index contributed by atoms with van der Waals surface area (Å²) in [4.78, 5) is 0. The van der Waals surface area contributed by atoms with Gasteiger partial charge in [-0.1, -0.05) is 31.2 Å². The lowest BCUT2D eigenvalue weighted by molar-refractivity contribution is 0.448. The maximum absolute atomic E-state index is 5.36. The Hall–Kier alpha value is -1.26. The first-order valence-electron chi connectivity index (χ1n) is 5.94. The summed E-state index contributed by atoms with van der Waals surface area (Å²) in [6.45, 7) is 6.51. The summed E-state index contributed by atoms with van der Waals surface area (Å²) in [7, 11) is 0. The molecule has 0 aliphatic rings. The quantitative estimate of drug-likeness (QED) is 0.742. The van der Waals surface area contributed by atoms with Crippen molar-refractivity contribution >= 4 is 0 Å². The molecule has 1 heteroatoms. The van der Waals surface area contributed by atoms with Gasteiger partial charge in [0.15, 0.2) is 0 Å². The second kappa shape index (κ2) is 6.35. The van der Waals surface area contributed by atoms with Crippen LogP contribution in [-0.2, 0) is 0 Å². The van der Waals surface area contributed by atoms with Crippen molar-refractivity contribution in [1.29, 1.82) is 0 Å². The molecule has 0 bridgehead atoms. The minimum Gasteiger partial charge on any atom is -0.306 e. The molecular formula is C15H21N. The van der Waals surface area contributed by atoms with Crippen LogP contribution >= 0.6 is 0 Å². The van der Waals surface area contributed by atoms with Gasteiger partial charge in [0.1, 0.15) is 0 Å². The fourth-order valence-electron chi connectivity index (χ4n) is 1.98. The molecule has 0 spiro atoms. The highest BCUT2D eigenvalue weighted by Crippen LogP contribution is 2.18. The molecule has 86 valence electrons. The number of rotatable bonds is 5. The summed E-state index contributed by atoms with van der Waals surface area (Å²) in [5.41, 5.74) is 2.69. The van der Waals surface area contributed by atoms with Crippen molar-refractivity contribution in [1.82, 2.24) is 5.32 Å². The fourth-order valence-corrected chi connectivity index (χ4v) is 1.98. The molecule has 1 aromatic carbocycles. The lowest BCUT2D eigenvalue weighted by Gasteiger charge is -2.22. The maximum Gasteiger partial charge on any atom is 0.0297 e. The molecular weight excluding hydrogens is 194 g/mol. The van der Waals surface area contributed by atoms with Crippen LogP contribution in [0.5, 0.6) is 0 Å². The fraction of sp³-hybridized carbons (Fsp3) is 0.467. The van der Waals surface area contributed by atoms with Crippen LogP contribution < -0.4 is 5.32 Å². The van der Waals surface area contributed by atoms with Gasteiger partial charge in [-0.2, -0.15) is 0 Å². The summed E-state index contributed by atoms with van der Waals surface area (Å²) in [5.74, 6) is 2.73. The van der Waals surface area contributed by atoms with E-state index in [0.29, 0.717) is 12.1 Å². The Balaban J connectivity index is 2.68. The van der Waals surface area contributed by atoms with E-state index < -0.39 is 0 Å². The Labute approximate surface area is 99.3 Å². The van der Waals surface area contributed by atoms with Gasteiger partial charge in [-0.05, 0) is 31.4 Å². The van der Waals surface area contributed by atoms with E-state index in [2.05, 4.69) is 56.3 Å². The van der Waals surface area contributed by atoms with E-state index >= 15 is 0 Å². The Morgan fingerprint density at radius 2 is 2.06 bits per heavy atom. The molecule has 0 aromatic heterocycles. The molecule has 0 fully saturated rings. The van der Waals surface area contributed by atoms with E-state index in [9.17, 15) is 0 Å². The van der Waals surface area contributed by atoms with Crippen molar-refractivity contribution in [3.63, 3.8) is 0 Å². The van der Waals surface area contributed by atoms with Crippen molar-refractivity contribution in [3.8, 4) is 12.3 Å². The van der Waals surface area contributed by atoms with Crippen molar-refractivity contribution < 1.29 is 0 Å². The van der Waals surface area contributed by atoms with E-state index in [0.717, 1.165) is 12.8 Å². The SMILES string of the molecule is C#CCC(CC)NC(C)c1ccccc1C. The van der Waals surface area contributed by atoms with Crippen LogP contribution in [0.2, 0.25) is 0 Å². The smallest absolute Gasteiger partial charge is 0.0297 e. The van der Waals surface area contributed by atoms with Crippen LogP contribution in [0, 0.1) is 19.3 Å². The molecule has 0 aliphatic carbocycles. The summed E-state index contributed by atoms with van der Waals surface area (Å²) < 4.78 is 0. The molecule has 16 heavy (non-hydrogen) atoms. The van der Waals surface area contributed by atoms with Crippen LogP contribution in [-0.4, -0.2) is 6.04 Å². The maximum atomic E-state index is 5.36. The third-order valence-corrected chi connectivity index (χ3v) is 3.00. The minimum absolute atomic E-state index is 0.361. The number of hydrogen-bond donors (Lipinski definition) is 1. The average Bonchev–Trinajstić information content (AvgIpc) is 2.28. The molecule has 0 aliphatic heterocycles. The van der Waals surface area contributed by atoms with Crippen LogP contribution in [0.1, 0.15) is 43.9 Å². The summed E-state index contributed by atoms with van der Waals surface area (Å²) in [5, 5.41) is 3.58. The Morgan fingerprint density at radius 3 is 2.62 bits per heavy atom. The number of terminal acetylenes is 1. The molecule has 0 amide bonds. The van der Waals surface area contributed by atoms with E-state index in [4.69, 9.17) is 6.42 Å². The Morgan fingerprint density at radius 1 is 1.38 bits per heavy atom. The second-order valence-electron chi connectivity index (χ2n) is 4.26. The van der Waals surface area contributed by atoms with Gasteiger partial charge < -0.3 is 5.32 Å². The predicted octanol–water partition coefficient (Wildman–Crippen LogP) is 3.45. The summed E-state index contributed by atoms with van der Waals surface area (Å²) in [6, 6.07) is 9.26. The lowest BCUT2D eigenvalue weighted by atomic mass is 10.0. The number of nitrogens with one attached hydrogen (secondary N) is 1. The molecule has 1 rings (SSSR count). The average molecular weight is 215 g/mol. The number of aryl methyl sites for hydroxylation is 1. The first kappa shape index (κ1) is 12.8. The van der Waals surface area contributed by atoms with Gasteiger partial charge >= 0.3 is 0 Å². The molecule has 1 N–H and O–H groups in total. The molecule has 0 saturated carbocycles. The van der Waals surface area contributed by atoms with Gasteiger partial charge in [0.2, 0.25) is 0 Å². The summed E-state index contributed by atoms with van der Waals surface area (Å²) >= 11 is 0. The highest BCUT2D eigenvalue weighted by Gasteiger charge is 2.11. The zero-order valence-corrected chi connectivity index (χ0v) is 10.5. The van der Waals surface area contributed by atoms with Crippen molar-refractivity contribution in [2.45, 2.75) is 45.7 Å². The van der Waals surface area contributed by atoms with Gasteiger partial charge in [-0.3, -0.25) is 0 Å². The Bertz CT molecular complexity index is 362. The van der Waals surface area contributed by atoms with Crippen molar-refractivity contribution in [2.24, 2.45) is 0 Å². The van der Waals surface area contributed by atoms with Crippen LogP contribution in [0.25, 0.3) is 0 Å². The summed E-state index contributed by atoms with van der Waals surface area (Å²) in [6.07, 6.45) is 7.23. The number of hydrogen-bond acceptors (Lipinski definition) is 1. The zero-order chi connectivity index (χ0) is 12.0. The predicted molar refractivity (Wildman–Crippen MR) is 70.3 cm³/mol. The van der Waals surface area contributed by atoms with E-state index in [1.165, 1.54) is 11.1 Å². The molecule has 2 atom stereocenters. The zero-order valence-electron chi connectivity index (χ0n) is 10.5. The van der Waals surface area contributed by atoms with Gasteiger partial charge in [0, 0.05) is 18.5 Å². The third-order valence-electron chi connectivity index (χ3n) is 3.00. The number of benzene rings is 1. The molecule has 0 saturated heterocycles. The van der Waals surface area contributed by atoms with E-state index in [1.807, 2.05) is 0 Å². The standard InChI is InChI=1S/C15H21N/c1-5-9-14(6-2)16-13(4)15-11-8-7-10-12(15)3/h1,7-8,10-11,13-14,16H,6,9H2,2-4H3. The van der Waals surface area contributed by atoms with Crippen LogP contribution in [0.4, 0.5) is 0 Å². The highest BCUT2D eigenvalue weighted by atomic mass is 14.9. The van der Waals surface area contributed by atoms with E-state index in [1.54, 1.807) is 0 Å². The van der Waals surface area contributed by atoms with Gasteiger partial charge in [0.05, 0.1) is 0 Å². The highest BCUT2D eigenvalue weighted by molar-refractivity contribution is 5.28. The molecule has 0 radical (unpaired) electrons. The minimum atomic E-state index is 0.361. The second-order valence-corrected chi connectivity index (χ2v) is 4.26. The van der Waals surface area contributed by atoms with E-state index in [-0.39, 0.29) is 0 Å². The molecule has 1 nitrogen and oxygen atoms in total. The van der Waals surface area contributed by atoms with Gasteiger partial charge in [-0.15, -0.1) is 12.3 Å². The first-order valence-corrected chi connectivity index (χ1v) is 5.94. The van der Waals surface area contributed by atoms with Crippen LogP contribution in [0.3, 0.4) is 0 Å². The molecule has 1 aromatic rings. The Kier molecular flexibility index (Phi) is 5.08. The molecule has 0 heterocycles. The lowest BCUT2D eigenvalue weighted by Crippen LogP contribution is -2.31. The van der Waals surface area contributed by atoms with Gasteiger partial charge in [-0.25, -0.2) is 0 Å². The first-order chi connectivity index (χ1) is 7.69. The molecule has 2 unspecified atom stereocenters. The van der Waals surface area contributed by atoms with Crippen molar-refractivity contribution in [3.05, 3.63) is 35.4 Å².